The van der Waals surface area contributed by atoms with Crippen molar-refractivity contribution in [3.63, 3.8) is 0 Å². The fraction of sp³-hybridized carbons (Fsp3) is 0.833. The lowest BCUT2D eigenvalue weighted by Crippen LogP contribution is -2.22. The third-order valence-electron chi connectivity index (χ3n) is 1.92. The Morgan fingerprint density at radius 2 is 2.13 bits per heavy atom. The molecule has 0 rings (SSSR count). The molecule has 0 bridgehead atoms. The van der Waals surface area contributed by atoms with Gasteiger partial charge in [-0.05, 0) is 12.3 Å². The van der Waals surface area contributed by atoms with Gasteiger partial charge in [0.2, 0.25) is 0 Å². The fourth-order valence-electron chi connectivity index (χ4n) is 1.00. The molecule has 0 radical (unpaired) electrons. The van der Waals surface area contributed by atoms with Crippen molar-refractivity contribution in [2.75, 3.05) is 37.8 Å². The molecule has 0 amide bonds. The summed E-state index contributed by atoms with van der Waals surface area (Å²) < 4.78 is 5.49. The van der Waals surface area contributed by atoms with E-state index in [9.17, 15) is 0 Å². The van der Waals surface area contributed by atoms with E-state index in [1.165, 1.54) is 0 Å². The summed E-state index contributed by atoms with van der Waals surface area (Å²) in [6.45, 7) is 11.9. The molecule has 0 aliphatic heterocycles. The zero-order valence-electron chi connectivity index (χ0n) is 10.1. The predicted molar refractivity (Wildman–Crippen MR) is 70.7 cm³/mol. The van der Waals surface area contributed by atoms with Crippen molar-refractivity contribution in [1.29, 1.82) is 0 Å². The molecule has 0 saturated carbocycles. The Morgan fingerprint density at radius 3 is 2.80 bits per heavy atom. The summed E-state index contributed by atoms with van der Waals surface area (Å²) in [4.78, 5) is 0. The monoisotopic (exact) mass is 231 g/mol. The summed E-state index contributed by atoms with van der Waals surface area (Å²) in [5.41, 5.74) is 0. The topological polar surface area (TPSA) is 21.3 Å². The van der Waals surface area contributed by atoms with E-state index in [0.717, 1.165) is 50.1 Å². The highest BCUT2D eigenvalue weighted by molar-refractivity contribution is 7.99. The van der Waals surface area contributed by atoms with Crippen LogP contribution < -0.4 is 5.32 Å². The Balaban J connectivity index is 2.89. The highest BCUT2D eigenvalue weighted by atomic mass is 32.2. The normalized spacial score (nSPS) is 10.9. The molecule has 0 aliphatic rings. The van der Waals surface area contributed by atoms with Gasteiger partial charge in [0.15, 0.2) is 0 Å². The average molecular weight is 231 g/mol. The third kappa shape index (κ3) is 14.0. The van der Waals surface area contributed by atoms with E-state index < -0.39 is 0 Å². The van der Waals surface area contributed by atoms with Crippen molar-refractivity contribution in [3.8, 4) is 0 Å². The van der Waals surface area contributed by atoms with Gasteiger partial charge in [-0.3, -0.25) is 0 Å². The van der Waals surface area contributed by atoms with Gasteiger partial charge in [-0.1, -0.05) is 19.9 Å². The van der Waals surface area contributed by atoms with Crippen LogP contribution in [-0.4, -0.2) is 37.8 Å². The molecular formula is C12H25NOS. The van der Waals surface area contributed by atoms with E-state index in [0.29, 0.717) is 0 Å². The number of nitrogens with one attached hydrogen (secondary N) is 1. The van der Waals surface area contributed by atoms with Gasteiger partial charge < -0.3 is 10.1 Å². The Labute approximate surface area is 98.9 Å². The average Bonchev–Trinajstić information content (AvgIpc) is 2.20. The standard InChI is InChI=1S/C12H25NOS/c1-4-10-15-11-7-13-6-9-14-8-5-12(2)3/h4,12-13H,1,5-11H2,2-3H3. The second-order valence-corrected chi connectivity index (χ2v) is 5.06. The SMILES string of the molecule is C=CCSCCNCCOCCC(C)C. The molecule has 0 aromatic rings. The molecule has 0 fully saturated rings. The van der Waals surface area contributed by atoms with Crippen LogP contribution in [0.4, 0.5) is 0 Å². The molecule has 0 spiro atoms. The second kappa shape index (κ2) is 12.1. The molecule has 2 nitrogen and oxygen atoms in total. The van der Waals surface area contributed by atoms with Crippen molar-refractivity contribution in [2.24, 2.45) is 5.92 Å². The van der Waals surface area contributed by atoms with Crippen LogP contribution in [0.3, 0.4) is 0 Å². The molecule has 3 heteroatoms. The lowest BCUT2D eigenvalue weighted by molar-refractivity contribution is 0.126. The number of hydrogen-bond acceptors (Lipinski definition) is 3. The largest absolute Gasteiger partial charge is 0.380 e. The summed E-state index contributed by atoms with van der Waals surface area (Å²) >= 11 is 1.90. The molecule has 0 aliphatic carbocycles. The predicted octanol–water partition coefficient (Wildman–Crippen LogP) is 2.56. The van der Waals surface area contributed by atoms with Crippen LogP contribution in [0.25, 0.3) is 0 Å². The zero-order chi connectivity index (χ0) is 11.4. The number of thioether (sulfide) groups is 1. The van der Waals surface area contributed by atoms with Gasteiger partial charge >= 0.3 is 0 Å². The van der Waals surface area contributed by atoms with Crippen molar-refractivity contribution in [1.82, 2.24) is 5.32 Å². The summed E-state index contributed by atoms with van der Waals surface area (Å²) in [7, 11) is 0. The van der Waals surface area contributed by atoms with Crippen molar-refractivity contribution in [2.45, 2.75) is 20.3 Å². The molecular weight excluding hydrogens is 206 g/mol. The molecule has 90 valence electrons. The first-order valence-electron chi connectivity index (χ1n) is 5.74. The lowest BCUT2D eigenvalue weighted by Gasteiger charge is -2.07. The smallest absolute Gasteiger partial charge is 0.0590 e. The minimum atomic E-state index is 0.744. The van der Waals surface area contributed by atoms with Gasteiger partial charge in [-0.15, -0.1) is 6.58 Å². The van der Waals surface area contributed by atoms with Gasteiger partial charge in [0.1, 0.15) is 0 Å². The quantitative estimate of drug-likeness (QED) is 0.436. The molecule has 0 saturated heterocycles. The van der Waals surface area contributed by atoms with E-state index in [1.807, 2.05) is 17.8 Å². The van der Waals surface area contributed by atoms with Crippen LogP contribution in [-0.2, 0) is 4.74 Å². The Hall–Kier alpha value is 0.01000. The van der Waals surface area contributed by atoms with E-state index >= 15 is 0 Å². The maximum absolute atomic E-state index is 5.49. The number of rotatable bonds is 11. The van der Waals surface area contributed by atoms with Crippen molar-refractivity contribution in [3.05, 3.63) is 12.7 Å². The molecule has 15 heavy (non-hydrogen) atoms. The third-order valence-corrected chi connectivity index (χ3v) is 2.89. The van der Waals surface area contributed by atoms with Crippen LogP contribution in [0.5, 0.6) is 0 Å². The van der Waals surface area contributed by atoms with Crippen LogP contribution in [0.1, 0.15) is 20.3 Å². The van der Waals surface area contributed by atoms with E-state index in [-0.39, 0.29) is 0 Å². The minimum absolute atomic E-state index is 0.744. The number of ether oxygens (including phenoxy) is 1. The van der Waals surface area contributed by atoms with E-state index in [2.05, 4.69) is 25.7 Å². The zero-order valence-corrected chi connectivity index (χ0v) is 10.9. The van der Waals surface area contributed by atoms with Gasteiger partial charge in [0, 0.05) is 31.2 Å². The first kappa shape index (κ1) is 15.0. The summed E-state index contributed by atoms with van der Waals surface area (Å²) in [6, 6.07) is 0. The maximum Gasteiger partial charge on any atom is 0.0590 e. The van der Waals surface area contributed by atoms with Crippen molar-refractivity contribution < 1.29 is 4.74 Å². The molecule has 0 aromatic carbocycles. The highest BCUT2D eigenvalue weighted by Gasteiger charge is 1.93. The highest BCUT2D eigenvalue weighted by Crippen LogP contribution is 1.98. The Kier molecular flexibility index (Phi) is 12.1. The van der Waals surface area contributed by atoms with E-state index in [4.69, 9.17) is 4.74 Å². The van der Waals surface area contributed by atoms with Crippen LogP contribution in [0.2, 0.25) is 0 Å². The molecule has 0 heterocycles. The van der Waals surface area contributed by atoms with E-state index in [1.54, 1.807) is 0 Å². The summed E-state index contributed by atoms with van der Waals surface area (Å²) in [5.74, 6) is 2.94. The van der Waals surface area contributed by atoms with Gasteiger partial charge in [-0.2, -0.15) is 11.8 Å². The second-order valence-electron chi connectivity index (χ2n) is 3.91. The lowest BCUT2D eigenvalue weighted by atomic mass is 10.1. The van der Waals surface area contributed by atoms with Crippen molar-refractivity contribution >= 4 is 11.8 Å². The first-order chi connectivity index (χ1) is 7.27. The summed E-state index contributed by atoms with van der Waals surface area (Å²) in [5, 5.41) is 3.35. The summed E-state index contributed by atoms with van der Waals surface area (Å²) in [6.07, 6.45) is 3.11. The fourth-order valence-corrected chi connectivity index (χ4v) is 1.62. The molecule has 0 atom stereocenters. The van der Waals surface area contributed by atoms with Crippen LogP contribution in [0, 0.1) is 5.92 Å². The van der Waals surface area contributed by atoms with Crippen LogP contribution in [0.15, 0.2) is 12.7 Å². The Morgan fingerprint density at radius 1 is 1.33 bits per heavy atom. The molecule has 1 N–H and O–H groups in total. The van der Waals surface area contributed by atoms with Gasteiger partial charge in [-0.25, -0.2) is 0 Å². The van der Waals surface area contributed by atoms with Gasteiger partial charge in [0.05, 0.1) is 6.61 Å². The molecule has 0 unspecified atom stereocenters. The molecule has 0 aromatic heterocycles. The minimum Gasteiger partial charge on any atom is -0.380 e. The Bertz CT molecular complexity index is 140. The van der Waals surface area contributed by atoms with Gasteiger partial charge in [0.25, 0.3) is 0 Å². The van der Waals surface area contributed by atoms with Crippen LogP contribution >= 0.6 is 11.8 Å². The number of hydrogen-bond donors (Lipinski definition) is 1. The maximum atomic E-state index is 5.49. The first-order valence-corrected chi connectivity index (χ1v) is 6.90.